The van der Waals surface area contributed by atoms with Crippen LogP contribution in [0.25, 0.3) is 0 Å². The number of anilines is 1. The van der Waals surface area contributed by atoms with Gasteiger partial charge in [-0.25, -0.2) is 8.42 Å². The average molecular weight is 283 g/mol. The van der Waals surface area contributed by atoms with E-state index >= 15 is 0 Å². The van der Waals surface area contributed by atoms with Crippen LogP contribution in [-0.4, -0.2) is 20.2 Å². The van der Waals surface area contributed by atoms with E-state index in [-0.39, 0.29) is 5.75 Å². The van der Waals surface area contributed by atoms with E-state index < -0.39 is 9.84 Å². The van der Waals surface area contributed by atoms with Gasteiger partial charge in [-0.1, -0.05) is 27.7 Å². The van der Waals surface area contributed by atoms with Crippen molar-refractivity contribution in [2.45, 2.75) is 51.5 Å². The number of benzene rings is 1. The molecule has 108 valence electrons. The number of hydrogen-bond acceptors (Lipinski definition) is 3. The van der Waals surface area contributed by atoms with Gasteiger partial charge in [-0.15, -0.1) is 0 Å². The molecule has 1 unspecified atom stereocenters. The molecule has 1 rings (SSSR count). The second-order valence-electron chi connectivity index (χ2n) is 5.25. The molecule has 1 aromatic carbocycles. The molecular formula is C15H25NO2S. The lowest BCUT2D eigenvalue weighted by Crippen LogP contribution is -2.24. The van der Waals surface area contributed by atoms with Crippen molar-refractivity contribution in [2.24, 2.45) is 5.92 Å². The highest BCUT2D eigenvalue weighted by Gasteiger charge is 2.14. The highest BCUT2D eigenvalue weighted by atomic mass is 32.2. The Morgan fingerprint density at radius 3 is 2.11 bits per heavy atom. The first kappa shape index (κ1) is 16.0. The van der Waals surface area contributed by atoms with E-state index in [1.54, 1.807) is 12.1 Å². The average Bonchev–Trinajstić information content (AvgIpc) is 2.36. The van der Waals surface area contributed by atoms with Crippen molar-refractivity contribution in [1.29, 1.82) is 0 Å². The molecule has 0 aliphatic carbocycles. The molecule has 4 heteroatoms. The zero-order valence-electron chi connectivity index (χ0n) is 12.3. The van der Waals surface area contributed by atoms with Crippen LogP contribution in [0.5, 0.6) is 0 Å². The largest absolute Gasteiger partial charge is 0.382 e. The van der Waals surface area contributed by atoms with Gasteiger partial charge in [-0.05, 0) is 43.0 Å². The van der Waals surface area contributed by atoms with Gasteiger partial charge in [0.25, 0.3) is 0 Å². The maximum atomic E-state index is 11.9. The summed E-state index contributed by atoms with van der Waals surface area (Å²) in [7, 11) is -3.11. The lowest BCUT2D eigenvalue weighted by molar-refractivity contribution is 0.511. The molecular weight excluding hydrogens is 258 g/mol. The molecule has 1 N–H and O–H groups in total. The van der Waals surface area contributed by atoms with E-state index in [0.29, 0.717) is 23.3 Å². The maximum absolute atomic E-state index is 11.9. The topological polar surface area (TPSA) is 46.2 Å². The zero-order chi connectivity index (χ0) is 14.5. The molecule has 0 radical (unpaired) electrons. The van der Waals surface area contributed by atoms with Crippen LogP contribution in [0.3, 0.4) is 0 Å². The monoisotopic (exact) mass is 283 g/mol. The molecule has 0 aromatic heterocycles. The van der Waals surface area contributed by atoms with E-state index in [4.69, 9.17) is 0 Å². The van der Waals surface area contributed by atoms with Crippen LogP contribution in [-0.2, 0) is 9.84 Å². The number of hydrogen-bond donors (Lipinski definition) is 1. The predicted molar refractivity (Wildman–Crippen MR) is 81.3 cm³/mol. The molecule has 3 nitrogen and oxygen atoms in total. The molecule has 1 atom stereocenters. The van der Waals surface area contributed by atoms with Gasteiger partial charge in [0.1, 0.15) is 0 Å². The van der Waals surface area contributed by atoms with Gasteiger partial charge in [-0.3, -0.25) is 0 Å². The van der Waals surface area contributed by atoms with Gasteiger partial charge in [-0.2, -0.15) is 0 Å². The molecule has 0 aliphatic heterocycles. The van der Waals surface area contributed by atoms with Gasteiger partial charge in [0, 0.05) is 11.7 Å². The van der Waals surface area contributed by atoms with Crippen LogP contribution in [0, 0.1) is 5.92 Å². The molecule has 0 amide bonds. The Bertz CT molecular complexity index is 477. The fraction of sp³-hybridized carbons (Fsp3) is 0.600. The Balaban J connectivity index is 2.82. The number of nitrogens with one attached hydrogen (secondary N) is 1. The third-order valence-corrected chi connectivity index (χ3v) is 5.22. The third kappa shape index (κ3) is 4.53. The highest BCUT2D eigenvalue weighted by molar-refractivity contribution is 7.91. The van der Waals surface area contributed by atoms with E-state index in [9.17, 15) is 8.42 Å². The van der Waals surface area contributed by atoms with Crippen LogP contribution in [0.15, 0.2) is 29.2 Å². The van der Waals surface area contributed by atoms with Crippen LogP contribution >= 0.6 is 0 Å². The Hall–Kier alpha value is -1.03. The SMILES string of the molecule is CCCS(=O)(=O)c1ccc(NC(CC)C(C)C)cc1. The summed E-state index contributed by atoms with van der Waals surface area (Å²) in [6.45, 7) is 8.39. The Kier molecular flexibility index (Phi) is 5.85. The Labute approximate surface area is 117 Å². The van der Waals surface area contributed by atoms with Crippen molar-refractivity contribution < 1.29 is 8.42 Å². The Morgan fingerprint density at radius 1 is 1.11 bits per heavy atom. The van der Waals surface area contributed by atoms with Gasteiger partial charge < -0.3 is 5.32 Å². The number of rotatable bonds is 7. The number of sulfone groups is 1. The third-order valence-electron chi connectivity index (χ3n) is 3.28. The minimum absolute atomic E-state index is 0.212. The summed E-state index contributed by atoms with van der Waals surface area (Å²) in [5.74, 6) is 0.761. The predicted octanol–water partition coefficient (Wildman–Crippen LogP) is 3.72. The smallest absolute Gasteiger partial charge is 0.178 e. The van der Waals surface area contributed by atoms with Crippen molar-refractivity contribution in [1.82, 2.24) is 0 Å². The summed E-state index contributed by atoms with van der Waals surface area (Å²) >= 11 is 0. The van der Waals surface area contributed by atoms with Crippen LogP contribution in [0.4, 0.5) is 5.69 Å². The molecule has 1 aromatic rings. The van der Waals surface area contributed by atoms with Crippen LogP contribution in [0.1, 0.15) is 40.5 Å². The molecule has 0 aliphatic rings. The second-order valence-corrected chi connectivity index (χ2v) is 7.36. The maximum Gasteiger partial charge on any atom is 0.178 e. The summed E-state index contributed by atoms with van der Waals surface area (Å²) in [6, 6.07) is 7.51. The van der Waals surface area contributed by atoms with Crippen molar-refractivity contribution in [2.75, 3.05) is 11.1 Å². The van der Waals surface area contributed by atoms with Gasteiger partial charge in [0.05, 0.1) is 10.6 Å². The molecule has 0 bridgehead atoms. The molecule has 19 heavy (non-hydrogen) atoms. The fourth-order valence-electron chi connectivity index (χ4n) is 2.10. The lowest BCUT2D eigenvalue weighted by Gasteiger charge is -2.22. The molecule has 0 heterocycles. The molecule has 0 saturated heterocycles. The fourth-order valence-corrected chi connectivity index (χ4v) is 3.42. The highest BCUT2D eigenvalue weighted by Crippen LogP contribution is 2.19. The molecule has 0 fully saturated rings. The summed E-state index contributed by atoms with van der Waals surface area (Å²) in [5.41, 5.74) is 0.982. The molecule has 0 spiro atoms. The van der Waals surface area contributed by atoms with Gasteiger partial charge in [0.15, 0.2) is 9.84 Å². The summed E-state index contributed by atoms with van der Waals surface area (Å²) in [6.07, 6.45) is 1.70. The van der Waals surface area contributed by atoms with Gasteiger partial charge >= 0.3 is 0 Å². The minimum atomic E-state index is -3.11. The van der Waals surface area contributed by atoms with Crippen molar-refractivity contribution in [3.05, 3.63) is 24.3 Å². The van der Waals surface area contributed by atoms with E-state index in [1.807, 2.05) is 19.1 Å². The van der Waals surface area contributed by atoms with E-state index in [2.05, 4.69) is 26.1 Å². The Morgan fingerprint density at radius 2 is 1.68 bits per heavy atom. The first-order valence-corrected chi connectivity index (χ1v) is 8.65. The normalized spacial score (nSPS) is 13.5. The van der Waals surface area contributed by atoms with Crippen molar-refractivity contribution >= 4 is 15.5 Å². The first-order chi connectivity index (χ1) is 8.90. The zero-order valence-corrected chi connectivity index (χ0v) is 13.1. The molecule has 0 saturated carbocycles. The first-order valence-electron chi connectivity index (χ1n) is 7.00. The van der Waals surface area contributed by atoms with Crippen molar-refractivity contribution in [3.8, 4) is 0 Å². The van der Waals surface area contributed by atoms with Crippen LogP contribution < -0.4 is 5.32 Å². The van der Waals surface area contributed by atoms with Gasteiger partial charge in [0.2, 0.25) is 0 Å². The lowest BCUT2D eigenvalue weighted by atomic mass is 10.0. The summed E-state index contributed by atoms with van der Waals surface area (Å²) in [5, 5.41) is 3.44. The van der Waals surface area contributed by atoms with E-state index in [0.717, 1.165) is 12.1 Å². The quantitative estimate of drug-likeness (QED) is 0.829. The summed E-state index contributed by atoms with van der Waals surface area (Å²) < 4.78 is 23.8. The minimum Gasteiger partial charge on any atom is -0.382 e. The van der Waals surface area contributed by atoms with Crippen molar-refractivity contribution in [3.63, 3.8) is 0 Å². The standard InChI is InChI=1S/C15H25NO2S/c1-5-11-19(17,18)14-9-7-13(8-10-14)16-15(6-2)12(3)4/h7-10,12,15-16H,5-6,11H2,1-4H3. The summed E-state index contributed by atoms with van der Waals surface area (Å²) in [4.78, 5) is 0.414. The second kappa shape index (κ2) is 6.94. The van der Waals surface area contributed by atoms with Crippen LogP contribution in [0.2, 0.25) is 0 Å². The van der Waals surface area contributed by atoms with E-state index in [1.165, 1.54) is 0 Å².